The van der Waals surface area contributed by atoms with E-state index in [4.69, 9.17) is 4.98 Å². The van der Waals surface area contributed by atoms with Crippen molar-refractivity contribution in [2.24, 2.45) is 0 Å². The molecule has 5 aromatic rings. The Bertz CT molecular complexity index is 1640. The molecule has 5 rings (SSSR count). The quantitative estimate of drug-likeness (QED) is 0.298. The molecule has 0 amide bonds. The highest BCUT2D eigenvalue weighted by Crippen LogP contribution is 2.33. The molecule has 0 saturated heterocycles. The molecule has 0 unspecified atom stereocenters. The van der Waals surface area contributed by atoms with Crippen LogP contribution in [-0.4, -0.2) is 30.0 Å². The molecule has 7 heteroatoms. The Kier molecular flexibility index (Phi) is 5.88. The summed E-state index contributed by atoms with van der Waals surface area (Å²) in [6.07, 6.45) is 7.24. The number of hydrogen-bond donors (Lipinski definition) is 3. The van der Waals surface area contributed by atoms with E-state index in [9.17, 15) is 9.90 Å². The lowest BCUT2D eigenvalue weighted by molar-refractivity contribution is 0.283. The number of hydrogen-bond acceptors (Lipinski definition) is 5. The number of anilines is 1. The predicted octanol–water partition coefficient (Wildman–Crippen LogP) is 5.73. The maximum atomic E-state index is 13.5. The number of aromatic amines is 1. The number of benzene rings is 2. The second-order valence-electron chi connectivity index (χ2n) is 10.5. The molecule has 0 fully saturated rings. The zero-order valence-corrected chi connectivity index (χ0v) is 21.3. The molecule has 0 spiro atoms. The smallest absolute Gasteiger partial charge is 0.197 e. The molecule has 0 radical (unpaired) electrons. The standard InChI is InChI=1S/C29H31N5O2/c1-17(2)18-9-10-21-24(13-18)31-14-22(26(21)36)19-7-6-8-20(23(19)16-35)25-15-34-12-11-30-28(34)27(32-25)33-29(3,4)5/h6-15,17,35H,16H2,1-5H3,(H,31,36)(H,32,33). The lowest BCUT2D eigenvalue weighted by Crippen LogP contribution is -2.27. The molecule has 0 aliphatic carbocycles. The number of aliphatic hydroxyl groups excluding tert-OH is 1. The first-order chi connectivity index (χ1) is 17.2. The molecule has 7 nitrogen and oxygen atoms in total. The summed E-state index contributed by atoms with van der Waals surface area (Å²) in [6.45, 7) is 10.2. The zero-order valence-electron chi connectivity index (χ0n) is 21.3. The number of imidazole rings is 1. The van der Waals surface area contributed by atoms with Crippen molar-refractivity contribution >= 4 is 22.4 Å². The molecule has 3 aromatic heterocycles. The van der Waals surface area contributed by atoms with E-state index in [0.717, 1.165) is 16.7 Å². The Morgan fingerprint density at radius 1 is 1.11 bits per heavy atom. The monoisotopic (exact) mass is 481 g/mol. The van der Waals surface area contributed by atoms with Crippen LogP contribution in [0.1, 0.15) is 51.7 Å². The van der Waals surface area contributed by atoms with Gasteiger partial charge in [-0.1, -0.05) is 38.1 Å². The zero-order chi connectivity index (χ0) is 25.6. The molecule has 36 heavy (non-hydrogen) atoms. The highest BCUT2D eigenvalue weighted by atomic mass is 16.3. The summed E-state index contributed by atoms with van der Waals surface area (Å²) in [6, 6.07) is 11.6. The predicted molar refractivity (Wildman–Crippen MR) is 145 cm³/mol. The first-order valence-electron chi connectivity index (χ1n) is 12.2. The average Bonchev–Trinajstić information content (AvgIpc) is 3.32. The van der Waals surface area contributed by atoms with Crippen molar-refractivity contribution in [1.82, 2.24) is 19.4 Å². The van der Waals surface area contributed by atoms with E-state index in [-0.39, 0.29) is 17.6 Å². The van der Waals surface area contributed by atoms with Crippen LogP contribution >= 0.6 is 0 Å². The van der Waals surface area contributed by atoms with Crippen molar-refractivity contribution in [3.63, 3.8) is 0 Å². The van der Waals surface area contributed by atoms with Crippen molar-refractivity contribution in [3.05, 3.63) is 82.5 Å². The van der Waals surface area contributed by atoms with Crippen LogP contribution in [0.4, 0.5) is 5.82 Å². The summed E-state index contributed by atoms with van der Waals surface area (Å²) in [5.41, 5.74) is 5.70. The third kappa shape index (κ3) is 4.27. The third-order valence-electron chi connectivity index (χ3n) is 6.34. The largest absolute Gasteiger partial charge is 0.392 e. The number of pyridine rings is 1. The van der Waals surface area contributed by atoms with Gasteiger partial charge in [-0.25, -0.2) is 9.97 Å². The number of aliphatic hydroxyl groups is 1. The van der Waals surface area contributed by atoms with Gasteiger partial charge >= 0.3 is 0 Å². The SMILES string of the molecule is CC(C)c1ccc2c(=O)c(-c3cccc(-c4cn5ccnc5c(NC(C)(C)C)n4)c3CO)c[nH]c2c1. The summed E-state index contributed by atoms with van der Waals surface area (Å²) >= 11 is 0. The number of nitrogens with one attached hydrogen (secondary N) is 2. The van der Waals surface area contributed by atoms with Gasteiger partial charge in [-0.05, 0) is 55.5 Å². The van der Waals surface area contributed by atoms with Gasteiger partial charge in [0.05, 0.1) is 12.3 Å². The van der Waals surface area contributed by atoms with E-state index in [2.05, 4.69) is 49.9 Å². The van der Waals surface area contributed by atoms with Crippen LogP contribution in [-0.2, 0) is 6.61 Å². The fourth-order valence-electron chi connectivity index (χ4n) is 4.55. The van der Waals surface area contributed by atoms with Crippen molar-refractivity contribution in [2.75, 3.05) is 5.32 Å². The van der Waals surface area contributed by atoms with E-state index in [1.807, 2.05) is 53.2 Å². The maximum absolute atomic E-state index is 13.5. The van der Waals surface area contributed by atoms with Gasteiger partial charge in [0, 0.05) is 52.4 Å². The van der Waals surface area contributed by atoms with E-state index in [0.29, 0.717) is 39.5 Å². The molecule has 0 aliphatic rings. The summed E-state index contributed by atoms with van der Waals surface area (Å²) < 4.78 is 1.92. The number of fused-ring (bicyclic) bond motifs is 2. The van der Waals surface area contributed by atoms with Crippen molar-refractivity contribution in [3.8, 4) is 22.4 Å². The average molecular weight is 482 g/mol. The number of rotatable bonds is 5. The lowest BCUT2D eigenvalue weighted by atomic mass is 9.93. The Morgan fingerprint density at radius 3 is 2.61 bits per heavy atom. The molecule has 184 valence electrons. The lowest BCUT2D eigenvalue weighted by Gasteiger charge is -2.22. The van der Waals surface area contributed by atoms with Crippen LogP contribution in [0.5, 0.6) is 0 Å². The topological polar surface area (TPSA) is 95.3 Å². The first kappa shape index (κ1) is 23.8. The molecule has 0 aliphatic heterocycles. The van der Waals surface area contributed by atoms with Gasteiger partial charge in [-0.3, -0.25) is 4.79 Å². The molecule has 3 N–H and O–H groups in total. The second kappa shape index (κ2) is 8.91. The Morgan fingerprint density at radius 2 is 1.89 bits per heavy atom. The first-order valence-corrected chi connectivity index (χ1v) is 12.2. The van der Waals surface area contributed by atoms with Crippen LogP contribution in [0.25, 0.3) is 38.9 Å². The fraction of sp³-hybridized carbons (Fsp3) is 0.276. The van der Waals surface area contributed by atoms with Gasteiger partial charge in [-0.2, -0.15) is 0 Å². The normalized spacial score (nSPS) is 12.1. The second-order valence-corrected chi connectivity index (χ2v) is 10.5. The minimum atomic E-state index is -0.235. The van der Waals surface area contributed by atoms with E-state index in [1.165, 1.54) is 5.56 Å². The number of aromatic nitrogens is 4. The molecule has 0 atom stereocenters. The summed E-state index contributed by atoms with van der Waals surface area (Å²) in [5, 5.41) is 14.5. The third-order valence-corrected chi connectivity index (χ3v) is 6.34. The molecule has 0 saturated carbocycles. The van der Waals surface area contributed by atoms with Gasteiger partial charge in [-0.15, -0.1) is 0 Å². The highest BCUT2D eigenvalue weighted by molar-refractivity contribution is 5.86. The van der Waals surface area contributed by atoms with Gasteiger partial charge in [0.25, 0.3) is 0 Å². The van der Waals surface area contributed by atoms with Crippen LogP contribution in [0.3, 0.4) is 0 Å². The van der Waals surface area contributed by atoms with Gasteiger partial charge in [0.15, 0.2) is 16.9 Å². The molecular formula is C29H31N5O2. The van der Waals surface area contributed by atoms with Crippen LogP contribution in [0, 0.1) is 0 Å². The summed E-state index contributed by atoms with van der Waals surface area (Å²) in [4.78, 5) is 26.2. The van der Waals surface area contributed by atoms with Crippen LogP contribution in [0.2, 0.25) is 0 Å². The van der Waals surface area contributed by atoms with E-state index >= 15 is 0 Å². The molecule has 0 bridgehead atoms. The van der Waals surface area contributed by atoms with E-state index < -0.39 is 0 Å². The summed E-state index contributed by atoms with van der Waals surface area (Å²) in [7, 11) is 0. The number of nitrogens with zero attached hydrogens (tertiary/aromatic N) is 3. The fourth-order valence-corrected chi connectivity index (χ4v) is 4.55. The molecule has 3 heterocycles. The maximum Gasteiger partial charge on any atom is 0.197 e. The van der Waals surface area contributed by atoms with Gasteiger partial charge in [0.2, 0.25) is 0 Å². The number of H-pyrrole nitrogens is 1. The Hall–Kier alpha value is -3.97. The minimum Gasteiger partial charge on any atom is -0.392 e. The summed E-state index contributed by atoms with van der Waals surface area (Å²) in [5.74, 6) is 1.03. The van der Waals surface area contributed by atoms with Crippen molar-refractivity contribution in [2.45, 2.75) is 52.7 Å². The minimum absolute atomic E-state index is 0.0704. The highest BCUT2D eigenvalue weighted by Gasteiger charge is 2.19. The Balaban J connectivity index is 1.68. The van der Waals surface area contributed by atoms with Crippen molar-refractivity contribution in [1.29, 1.82) is 0 Å². The molecular weight excluding hydrogens is 450 g/mol. The van der Waals surface area contributed by atoms with Crippen LogP contribution < -0.4 is 10.7 Å². The van der Waals surface area contributed by atoms with Gasteiger partial charge in [0.1, 0.15) is 0 Å². The van der Waals surface area contributed by atoms with Gasteiger partial charge < -0.3 is 19.8 Å². The van der Waals surface area contributed by atoms with Crippen molar-refractivity contribution < 1.29 is 5.11 Å². The Labute approximate surface area is 209 Å². The van der Waals surface area contributed by atoms with E-state index in [1.54, 1.807) is 12.4 Å². The molecule has 2 aromatic carbocycles. The van der Waals surface area contributed by atoms with Crippen LogP contribution in [0.15, 0.2) is 66.0 Å².